The normalized spacial score (nSPS) is 16.6. The van der Waals surface area contributed by atoms with Crippen molar-refractivity contribution in [3.8, 4) is 5.75 Å². The molecule has 10 heteroatoms. The van der Waals surface area contributed by atoms with Crippen molar-refractivity contribution >= 4 is 52.3 Å². The summed E-state index contributed by atoms with van der Waals surface area (Å²) in [5.41, 5.74) is 1.14. The molecule has 1 saturated heterocycles. The fourth-order valence-electron chi connectivity index (χ4n) is 3.17. The van der Waals surface area contributed by atoms with Gasteiger partial charge in [0, 0.05) is 30.9 Å². The van der Waals surface area contributed by atoms with Crippen molar-refractivity contribution in [2.75, 3.05) is 29.9 Å². The second-order valence-electron chi connectivity index (χ2n) is 7.46. The highest BCUT2D eigenvalue weighted by Crippen LogP contribution is 2.27. The summed E-state index contributed by atoms with van der Waals surface area (Å²) in [6, 6.07) is 11.4. The molecule has 0 saturated carbocycles. The van der Waals surface area contributed by atoms with Crippen LogP contribution < -0.4 is 20.3 Å². The predicted octanol–water partition coefficient (Wildman–Crippen LogP) is 2.86. The van der Waals surface area contributed by atoms with Crippen LogP contribution in [0.2, 0.25) is 10.0 Å². The van der Waals surface area contributed by atoms with Gasteiger partial charge in [-0.25, -0.2) is 0 Å². The first-order valence-electron chi connectivity index (χ1n) is 9.97. The van der Waals surface area contributed by atoms with Crippen molar-refractivity contribution in [1.29, 1.82) is 0 Å². The van der Waals surface area contributed by atoms with Crippen LogP contribution in [0.5, 0.6) is 5.75 Å². The number of carbonyl (C=O) groups excluding carboxylic acids is 3. The molecule has 170 valence electrons. The summed E-state index contributed by atoms with van der Waals surface area (Å²) in [4.78, 5) is 38.1. The first-order chi connectivity index (χ1) is 15.2. The Bertz CT molecular complexity index is 998. The summed E-state index contributed by atoms with van der Waals surface area (Å²) in [6.07, 6.45) is -0.538. The van der Waals surface area contributed by atoms with Crippen molar-refractivity contribution in [3.63, 3.8) is 0 Å². The van der Waals surface area contributed by atoms with Gasteiger partial charge in [-0.1, -0.05) is 23.2 Å². The van der Waals surface area contributed by atoms with Gasteiger partial charge in [0.05, 0.1) is 22.1 Å². The number of aliphatic hydroxyl groups is 1. The zero-order valence-electron chi connectivity index (χ0n) is 17.3. The SMILES string of the molecule is C[C@@H](O)CNC(=O)[C@@H]1CC(=O)N(c2ccc(OCC(=O)Nc3ccc(Cl)c(Cl)c3)cc2)C1. The van der Waals surface area contributed by atoms with Crippen LogP contribution in [0.4, 0.5) is 11.4 Å². The summed E-state index contributed by atoms with van der Waals surface area (Å²) in [5, 5.41) is 15.3. The molecular formula is C22H23Cl2N3O5. The summed E-state index contributed by atoms with van der Waals surface area (Å²) in [5.74, 6) is -0.794. The number of benzene rings is 2. The lowest BCUT2D eigenvalue weighted by atomic mass is 10.1. The standard InChI is InChI=1S/C22H23Cl2N3O5/c1-13(28)10-25-22(31)14-8-21(30)27(11-14)16-3-5-17(6-4-16)32-12-20(29)26-15-2-7-18(23)19(24)9-15/h2-7,9,13-14,28H,8,10-12H2,1H3,(H,25,31)(H,26,29)/t13-,14-/m1/s1. The number of nitrogens with zero attached hydrogens (tertiary/aromatic N) is 1. The van der Waals surface area contributed by atoms with Crippen molar-refractivity contribution in [2.45, 2.75) is 19.4 Å². The molecule has 0 bridgehead atoms. The van der Waals surface area contributed by atoms with Crippen molar-refractivity contribution in [2.24, 2.45) is 5.92 Å². The van der Waals surface area contributed by atoms with E-state index in [0.717, 1.165) is 0 Å². The Kier molecular flexibility index (Phi) is 7.95. The molecule has 8 nitrogen and oxygen atoms in total. The highest BCUT2D eigenvalue weighted by Gasteiger charge is 2.35. The number of rotatable bonds is 8. The monoisotopic (exact) mass is 479 g/mol. The van der Waals surface area contributed by atoms with Gasteiger partial charge in [0.15, 0.2) is 6.61 Å². The lowest BCUT2D eigenvalue weighted by molar-refractivity contribution is -0.126. The number of hydrogen-bond acceptors (Lipinski definition) is 5. The van der Waals surface area contributed by atoms with E-state index in [1.165, 1.54) is 4.90 Å². The van der Waals surface area contributed by atoms with E-state index in [4.69, 9.17) is 27.9 Å². The maximum absolute atomic E-state index is 12.3. The highest BCUT2D eigenvalue weighted by atomic mass is 35.5. The Morgan fingerprint density at radius 2 is 1.91 bits per heavy atom. The van der Waals surface area contributed by atoms with Crippen molar-refractivity contribution in [3.05, 3.63) is 52.5 Å². The molecule has 0 aromatic heterocycles. The molecule has 2 aromatic rings. The van der Waals surface area contributed by atoms with Crippen LogP contribution in [0.15, 0.2) is 42.5 Å². The van der Waals surface area contributed by atoms with E-state index >= 15 is 0 Å². The molecule has 1 aliphatic heterocycles. The van der Waals surface area contributed by atoms with Crippen molar-refractivity contribution in [1.82, 2.24) is 5.32 Å². The third kappa shape index (κ3) is 6.35. The molecular weight excluding hydrogens is 457 g/mol. The molecule has 0 unspecified atom stereocenters. The minimum atomic E-state index is -0.647. The Hall–Kier alpha value is -2.81. The Morgan fingerprint density at radius 3 is 2.56 bits per heavy atom. The topological polar surface area (TPSA) is 108 Å². The van der Waals surface area contributed by atoms with E-state index in [1.807, 2.05) is 0 Å². The smallest absolute Gasteiger partial charge is 0.262 e. The second-order valence-corrected chi connectivity index (χ2v) is 8.27. The molecule has 2 aromatic carbocycles. The zero-order valence-corrected chi connectivity index (χ0v) is 18.8. The summed E-state index contributed by atoms with van der Waals surface area (Å²) in [6.45, 7) is 1.77. The predicted molar refractivity (Wildman–Crippen MR) is 122 cm³/mol. The molecule has 0 aliphatic carbocycles. The molecule has 32 heavy (non-hydrogen) atoms. The molecule has 3 rings (SSSR count). The molecule has 0 spiro atoms. The van der Waals surface area contributed by atoms with Crippen LogP contribution in [0, 0.1) is 5.92 Å². The van der Waals surface area contributed by atoms with Gasteiger partial charge in [-0.3, -0.25) is 14.4 Å². The number of amides is 3. The van der Waals surface area contributed by atoms with Gasteiger partial charge in [-0.15, -0.1) is 0 Å². The first-order valence-corrected chi connectivity index (χ1v) is 10.7. The zero-order chi connectivity index (χ0) is 23.3. The Balaban J connectivity index is 1.51. The van der Waals surface area contributed by atoms with Gasteiger partial charge < -0.3 is 25.4 Å². The molecule has 3 amide bonds. The maximum atomic E-state index is 12.3. The fraction of sp³-hybridized carbons (Fsp3) is 0.318. The average Bonchev–Trinajstić information content (AvgIpc) is 3.15. The Labute approximate surface area is 195 Å². The van der Waals surface area contributed by atoms with Crippen LogP contribution in [-0.2, 0) is 14.4 Å². The van der Waals surface area contributed by atoms with Crippen LogP contribution in [0.25, 0.3) is 0 Å². The maximum Gasteiger partial charge on any atom is 0.262 e. The minimum absolute atomic E-state index is 0.110. The molecule has 3 N–H and O–H groups in total. The van der Waals surface area contributed by atoms with E-state index in [0.29, 0.717) is 27.2 Å². The van der Waals surface area contributed by atoms with E-state index in [-0.39, 0.29) is 43.8 Å². The summed E-state index contributed by atoms with van der Waals surface area (Å²) < 4.78 is 5.49. The molecule has 1 fully saturated rings. The quantitative estimate of drug-likeness (QED) is 0.539. The summed E-state index contributed by atoms with van der Waals surface area (Å²) >= 11 is 11.8. The average molecular weight is 480 g/mol. The highest BCUT2D eigenvalue weighted by molar-refractivity contribution is 6.42. The van der Waals surface area contributed by atoms with Gasteiger partial charge in [0.2, 0.25) is 11.8 Å². The van der Waals surface area contributed by atoms with Gasteiger partial charge in [0.25, 0.3) is 5.91 Å². The fourth-order valence-corrected chi connectivity index (χ4v) is 3.47. The number of halogens is 2. The number of ether oxygens (including phenoxy) is 1. The molecule has 1 heterocycles. The van der Waals surface area contributed by atoms with Crippen molar-refractivity contribution < 1.29 is 24.2 Å². The van der Waals surface area contributed by atoms with Gasteiger partial charge in [-0.2, -0.15) is 0 Å². The number of carbonyl (C=O) groups is 3. The van der Waals surface area contributed by atoms with Crippen LogP contribution in [0.1, 0.15) is 13.3 Å². The van der Waals surface area contributed by atoms with Gasteiger partial charge in [0.1, 0.15) is 5.75 Å². The second kappa shape index (κ2) is 10.7. The number of hydrogen-bond donors (Lipinski definition) is 3. The third-order valence-corrected chi connectivity index (χ3v) is 5.53. The van der Waals surface area contributed by atoms with E-state index in [2.05, 4.69) is 10.6 Å². The number of anilines is 2. The number of aliphatic hydroxyl groups excluding tert-OH is 1. The lowest BCUT2D eigenvalue weighted by Crippen LogP contribution is -2.36. The van der Waals surface area contributed by atoms with E-state index in [9.17, 15) is 19.5 Å². The molecule has 1 aliphatic rings. The summed E-state index contributed by atoms with van der Waals surface area (Å²) in [7, 11) is 0. The molecule has 0 radical (unpaired) electrons. The Morgan fingerprint density at radius 1 is 1.19 bits per heavy atom. The van der Waals surface area contributed by atoms with Crippen LogP contribution in [0.3, 0.4) is 0 Å². The number of nitrogens with one attached hydrogen (secondary N) is 2. The van der Waals surface area contributed by atoms with Gasteiger partial charge in [-0.05, 0) is 49.4 Å². The first kappa shape index (κ1) is 23.8. The van der Waals surface area contributed by atoms with Gasteiger partial charge >= 0.3 is 0 Å². The third-order valence-electron chi connectivity index (χ3n) is 4.79. The van der Waals surface area contributed by atoms with Crippen LogP contribution >= 0.6 is 23.2 Å². The van der Waals surface area contributed by atoms with E-state index < -0.39 is 12.0 Å². The largest absolute Gasteiger partial charge is 0.484 e. The minimum Gasteiger partial charge on any atom is -0.484 e. The lowest BCUT2D eigenvalue weighted by Gasteiger charge is -2.17. The van der Waals surface area contributed by atoms with E-state index in [1.54, 1.807) is 49.4 Å². The van der Waals surface area contributed by atoms with Crippen LogP contribution in [-0.4, -0.2) is 48.6 Å². The molecule has 2 atom stereocenters.